The van der Waals surface area contributed by atoms with Crippen LogP contribution in [0.25, 0.3) is 0 Å². The minimum absolute atomic E-state index is 0.0481. The second-order valence-electron chi connectivity index (χ2n) is 3.41. The maximum atomic E-state index is 13.1. The second-order valence-corrected chi connectivity index (χ2v) is 4.29. The van der Waals surface area contributed by atoms with E-state index in [1.807, 2.05) is 19.1 Å². The molecule has 1 N–H and O–H groups in total. The average molecular weight is 263 g/mol. The normalized spacial score (nSPS) is 11.6. The monoisotopic (exact) mass is 263 g/mol. The Kier molecular flexibility index (Phi) is 5.95. The van der Waals surface area contributed by atoms with Gasteiger partial charge in [0.15, 0.2) is 0 Å². The van der Waals surface area contributed by atoms with E-state index in [2.05, 4.69) is 9.71 Å². The standard InChI is InChI=1S/C13H14FN3S/c1-3-4-11(9-16-2)17-18-12-5-6-13(14)10(7-12)8-15/h4-7,9,17H,3H2,1-2H3/b11-4+,16-9?. The lowest BCUT2D eigenvalue weighted by Crippen LogP contribution is -2.04. The van der Waals surface area contributed by atoms with Gasteiger partial charge in [-0.3, -0.25) is 4.99 Å². The molecule has 1 rings (SSSR count). The summed E-state index contributed by atoms with van der Waals surface area (Å²) in [7, 11) is 1.70. The van der Waals surface area contributed by atoms with Crippen molar-refractivity contribution in [2.24, 2.45) is 4.99 Å². The highest BCUT2D eigenvalue weighted by Crippen LogP contribution is 2.19. The summed E-state index contributed by atoms with van der Waals surface area (Å²) in [5.74, 6) is -0.499. The van der Waals surface area contributed by atoms with Gasteiger partial charge in [0.2, 0.25) is 0 Å². The average Bonchev–Trinajstić information content (AvgIpc) is 2.38. The first kappa shape index (κ1) is 14.3. The number of allylic oxidation sites excluding steroid dienone is 2. The van der Waals surface area contributed by atoms with Gasteiger partial charge < -0.3 is 4.72 Å². The first-order valence-corrected chi connectivity index (χ1v) is 6.27. The summed E-state index contributed by atoms with van der Waals surface area (Å²) >= 11 is 1.32. The Bertz CT molecular complexity index is 503. The molecule has 0 saturated carbocycles. The fraction of sp³-hybridized carbons (Fsp3) is 0.231. The molecule has 18 heavy (non-hydrogen) atoms. The zero-order chi connectivity index (χ0) is 13.4. The Morgan fingerprint density at radius 2 is 2.39 bits per heavy atom. The number of nitrogens with one attached hydrogen (secondary N) is 1. The van der Waals surface area contributed by atoms with Crippen molar-refractivity contribution in [2.45, 2.75) is 18.2 Å². The van der Waals surface area contributed by atoms with Gasteiger partial charge in [0.25, 0.3) is 0 Å². The lowest BCUT2D eigenvalue weighted by molar-refractivity contribution is 0.622. The van der Waals surface area contributed by atoms with Crippen molar-refractivity contribution in [2.75, 3.05) is 7.05 Å². The van der Waals surface area contributed by atoms with Gasteiger partial charge in [-0.2, -0.15) is 5.26 Å². The highest BCUT2D eigenvalue weighted by molar-refractivity contribution is 7.97. The van der Waals surface area contributed by atoms with Crippen LogP contribution < -0.4 is 4.72 Å². The molecule has 0 fully saturated rings. The van der Waals surface area contributed by atoms with Crippen molar-refractivity contribution in [3.05, 3.63) is 41.4 Å². The van der Waals surface area contributed by atoms with Crippen molar-refractivity contribution in [1.82, 2.24) is 4.72 Å². The van der Waals surface area contributed by atoms with Gasteiger partial charge in [-0.15, -0.1) is 0 Å². The third kappa shape index (κ3) is 4.22. The van der Waals surface area contributed by atoms with E-state index in [1.165, 1.54) is 24.1 Å². The second kappa shape index (κ2) is 7.51. The molecule has 5 heteroatoms. The van der Waals surface area contributed by atoms with E-state index in [0.29, 0.717) is 0 Å². The zero-order valence-electron chi connectivity index (χ0n) is 10.3. The van der Waals surface area contributed by atoms with E-state index in [1.54, 1.807) is 19.3 Å². The summed E-state index contributed by atoms with van der Waals surface area (Å²) in [6, 6.07) is 6.25. The first-order valence-electron chi connectivity index (χ1n) is 5.46. The Hall–Kier alpha value is -1.80. The van der Waals surface area contributed by atoms with Crippen LogP contribution in [0.4, 0.5) is 4.39 Å². The maximum absolute atomic E-state index is 13.1. The van der Waals surface area contributed by atoms with Gasteiger partial charge in [0.1, 0.15) is 11.9 Å². The lowest BCUT2D eigenvalue weighted by Gasteiger charge is -2.06. The fourth-order valence-corrected chi connectivity index (χ4v) is 1.94. The van der Waals surface area contributed by atoms with E-state index in [4.69, 9.17) is 5.26 Å². The highest BCUT2D eigenvalue weighted by atomic mass is 32.2. The van der Waals surface area contributed by atoms with Crippen molar-refractivity contribution < 1.29 is 4.39 Å². The number of hydrogen-bond donors (Lipinski definition) is 1. The Morgan fingerprint density at radius 1 is 1.61 bits per heavy atom. The van der Waals surface area contributed by atoms with Gasteiger partial charge in [0.05, 0.1) is 11.3 Å². The molecular weight excluding hydrogens is 249 g/mol. The van der Waals surface area contributed by atoms with Crippen LogP contribution >= 0.6 is 11.9 Å². The van der Waals surface area contributed by atoms with Crippen LogP contribution in [0.5, 0.6) is 0 Å². The molecule has 0 aliphatic heterocycles. The van der Waals surface area contributed by atoms with E-state index in [0.717, 1.165) is 17.0 Å². The van der Waals surface area contributed by atoms with E-state index in [9.17, 15) is 4.39 Å². The summed E-state index contributed by atoms with van der Waals surface area (Å²) in [5, 5.41) is 8.74. The molecular formula is C13H14FN3S. The minimum Gasteiger partial charge on any atom is -0.325 e. The lowest BCUT2D eigenvalue weighted by atomic mass is 10.2. The summed E-state index contributed by atoms with van der Waals surface area (Å²) in [6.45, 7) is 2.03. The first-order chi connectivity index (χ1) is 8.71. The number of benzene rings is 1. The molecule has 0 saturated heterocycles. The van der Waals surface area contributed by atoms with Crippen LogP contribution in [0, 0.1) is 17.1 Å². The molecule has 0 heterocycles. The minimum atomic E-state index is -0.499. The maximum Gasteiger partial charge on any atom is 0.141 e. The van der Waals surface area contributed by atoms with E-state index in [-0.39, 0.29) is 5.56 Å². The predicted octanol–water partition coefficient (Wildman–Crippen LogP) is 3.29. The van der Waals surface area contributed by atoms with Gasteiger partial charge in [-0.25, -0.2) is 4.39 Å². The van der Waals surface area contributed by atoms with Gasteiger partial charge in [-0.1, -0.05) is 13.0 Å². The molecule has 94 valence electrons. The molecule has 0 bridgehead atoms. The summed E-state index contributed by atoms with van der Waals surface area (Å²) in [4.78, 5) is 4.71. The molecule has 0 aliphatic carbocycles. The molecule has 0 amide bonds. The number of rotatable bonds is 5. The number of hydrogen-bond acceptors (Lipinski definition) is 4. The third-order valence-corrected chi connectivity index (χ3v) is 2.86. The van der Waals surface area contributed by atoms with Gasteiger partial charge in [-0.05, 0) is 36.6 Å². The van der Waals surface area contributed by atoms with Crippen LogP contribution in [0.2, 0.25) is 0 Å². The smallest absolute Gasteiger partial charge is 0.141 e. The number of nitriles is 1. The molecule has 3 nitrogen and oxygen atoms in total. The van der Waals surface area contributed by atoms with Crippen molar-refractivity contribution in [1.29, 1.82) is 5.26 Å². The summed E-state index contributed by atoms with van der Waals surface area (Å²) in [6.07, 6.45) is 4.60. The summed E-state index contributed by atoms with van der Waals surface area (Å²) < 4.78 is 16.2. The quantitative estimate of drug-likeness (QED) is 0.655. The van der Waals surface area contributed by atoms with Crippen molar-refractivity contribution >= 4 is 18.2 Å². The number of nitrogens with zero attached hydrogens (tertiary/aromatic N) is 2. The largest absolute Gasteiger partial charge is 0.325 e. The fourth-order valence-electron chi connectivity index (χ4n) is 1.25. The van der Waals surface area contributed by atoms with Crippen LogP contribution in [0.1, 0.15) is 18.9 Å². The molecule has 0 radical (unpaired) electrons. The predicted molar refractivity (Wildman–Crippen MR) is 72.9 cm³/mol. The van der Waals surface area contributed by atoms with Crippen molar-refractivity contribution in [3.63, 3.8) is 0 Å². The zero-order valence-corrected chi connectivity index (χ0v) is 11.1. The number of halogens is 1. The highest BCUT2D eigenvalue weighted by Gasteiger charge is 2.03. The van der Waals surface area contributed by atoms with E-state index >= 15 is 0 Å². The molecule has 0 atom stereocenters. The molecule has 0 unspecified atom stereocenters. The van der Waals surface area contributed by atoms with Crippen molar-refractivity contribution in [3.8, 4) is 6.07 Å². The Balaban J connectivity index is 2.74. The van der Waals surface area contributed by atoms with Crippen LogP contribution in [-0.2, 0) is 0 Å². The molecule has 1 aromatic rings. The van der Waals surface area contributed by atoms with Crippen LogP contribution in [0.3, 0.4) is 0 Å². The summed E-state index contributed by atoms with van der Waals surface area (Å²) in [5.41, 5.74) is 0.930. The Labute approximate surface area is 111 Å². The molecule has 0 aliphatic rings. The third-order valence-electron chi connectivity index (χ3n) is 2.04. The molecule has 0 aromatic heterocycles. The van der Waals surface area contributed by atoms with Gasteiger partial charge >= 0.3 is 0 Å². The molecule has 1 aromatic carbocycles. The molecule has 0 spiro atoms. The Morgan fingerprint density at radius 3 is 3.00 bits per heavy atom. The number of aliphatic imine (C=N–C) groups is 1. The van der Waals surface area contributed by atoms with Gasteiger partial charge in [0, 0.05) is 18.2 Å². The SMILES string of the molecule is CC/C=C(\C=NC)NSc1ccc(F)c(C#N)c1. The van der Waals surface area contributed by atoms with E-state index < -0.39 is 5.82 Å². The van der Waals surface area contributed by atoms with Crippen LogP contribution in [-0.4, -0.2) is 13.3 Å². The van der Waals surface area contributed by atoms with Crippen LogP contribution in [0.15, 0.2) is 39.9 Å². The topological polar surface area (TPSA) is 48.2 Å².